The Morgan fingerprint density at radius 3 is 2.19 bits per heavy atom. The molecule has 0 N–H and O–H groups in total. The largest absolute Gasteiger partial charge is 0.441 e. The fourth-order valence-corrected chi connectivity index (χ4v) is 2.02. The maximum Gasteiger partial charge on any atom is 0.441 e. The highest BCUT2D eigenvalue weighted by Gasteiger charge is 2.32. The summed E-state index contributed by atoms with van der Waals surface area (Å²) in [6, 6.07) is 17.7. The lowest BCUT2D eigenvalue weighted by atomic mass is 10.2. The van der Waals surface area contributed by atoms with E-state index < -0.39 is 12.0 Å². The van der Waals surface area contributed by atoms with E-state index in [0.29, 0.717) is 11.3 Å². The van der Waals surface area contributed by atoms with E-state index in [1.165, 1.54) is 17.5 Å². The third-order valence-electron chi connectivity index (χ3n) is 2.99. The number of para-hydroxylation sites is 1. The molecule has 0 unspecified atom stereocenters. The van der Waals surface area contributed by atoms with Crippen molar-refractivity contribution in [2.45, 2.75) is 0 Å². The first-order chi connectivity index (χ1) is 10.3. The Balaban J connectivity index is 1.99. The van der Waals surface area contributed by atoms with Gasteiger partial charge in [-0.2, -0.15) is 0 Å². The zero-order valence-electron chi connectivity index (χ0n) is 11.0. The Hall–Kier alpha value is -3.08. The van der Waals surface area contributed by atoms with Gasteiger partial charge in [0.1, 0.15) is 6.26 Å². The summed E-state index contributed by atoms with van der Waals surface area (Å²) in [6.45, 7) is 0. The Labute approximate surface area is 121 Å². The lowest BCUT2D eigenvalue weighted by Crippen LogP contribution is -2.49. The first kappa shape index (κ1) is 12.9. The number of carbonyl (C=O) groups excluding carboxylic acids is 2. The molecule has 3 rings (SSSR count). The molecule has 1 aliphatic heterocycles. The molecule has 0 saturated heterocycles. The second-order valence-corrected chi connectivity index (χ2v) is 4.33. The molecule has 1 aliphatic rings. The molecule has 0 spiro atoms. The topological polar surface area (TPSA) is 49.9 Å². The molecule has 0 aromatic heterocycles. The molecule has 2 amide bonds. The molecular formula is C16H12N2O3. The van der Waals surface area contributed by atoms with E-state index in [0.717, 1.165) is 5.01 Å². The summed E-state index contributed by atoms with van der Waals surface area (Å²) in [7, 11) is 0. The van der Waals surface area contributed by atoms with Gasteiger partial charge in [0.15, 0.2) is 0 Å². The van der Waals surface area contributed by atoms with Gasteiger partial charge in [-0.05, 0) is 24.3 Å². The minimum Gasteiger partial charge on any atom is -0.415 e. The molecule has 0 saturated carbocycles. The van der Waals surface area contributed by atoms with Crippen LogP contribution in [0.4, 0.5) is 10.5 Å². The first-order valence-corrected chi connectivity index (χ1v) is 6.38. The molecule has 2 aromatic rings. The molecule has 0 radical (unpaired) electrons. The molecule has 5 heteroatoms. The summed E-state index contributed by atoms with van der Waals surface area (Å²) in [5.41, 5.74) is 1.10. The van der Waals surface area contributed by atoms with Gasteiger partial charge >= 0.3 is 6.09 Å². The van der Waals surface area contributed by atoms with E-state index in [-0.39, 0.29) is 0 Å². The van der Waals surface area contributed by atoms with Crippen molar-refractivity contribution in [2.24, 2.45) is 0 Å². The van der Waals surface area contributed by atoms with Crippen LogP contribution in [-0.4, -0.2) is 17.0 Å². The van der Waals surface area contributed by atoms with Crippen LogP contribution in [0.1, 0.15) is 10.4 Å². The lowest BCUT2D eigenvalue weighted by molar-refractivity contribution is 0.0703. The van der Waals surface area contributed by atoms with E-state index in [2.05, 4.69) is 0 Å². The van der Waals surface area contributed by atoms with Gasteiger partial charge in [0.05, 0.1) is 11.9 Å². The maximum absolute atomic E-state index is 12.5. The van der Waals surface area contributed by atoms with Crippen molar-refractivity contribution in [2.75, 3.05) is 5.01 Å². The number of hydrogen-bond donors (Lipinski definition) is 0. The van der Waals surface area contributed by atoms with Crippen LogP contribution in [0.25, 0.3) is 0 Å². The number of benzene rings is 2. The number of nitrogens with zero attached hydrogens (tertiary/aromatic N) is 2. The Bertz CT molecular complexity index is 683. The number of rotatable bonds is 2. The fourth-order valence-electron chi connectivity index (χ4n) is 2.02. The average Bonchev–Trinajstić information content (AvgIpc) is 2.55. The number of anilines is 1. The number of carbonyl (C=O) groups is 2. The van der Waals surface area contributed by atoms with E-state index in [9.17, 15) is 9.59 Å². The third kappa shape index (κ3) is 2.49. The highest BCUT2D eigenvalue weighted by molar-refractivity contribution is 6.04. The number of cyclic esters (lactones) is 1. The number of imide groups is 1. The third-order valence-corrected chi connectivity index (χ3v) is 2.99. The summed E-state index contributed by atoms with van der Waals surface area (Å²) in [5, 5.41) is 2.42. The van der Waals surface area contributed by atoms with Crippen molar-refractivity contribution in [3.05, 3.63) is 78.7 Å². The highest BCUT2D eigenvalue weighted by Crippen LogP contribution is 2.22. The van der Waals surface area contributed by atoms with Crippen LogP contribution < -0.4 is 5.01 Å². The number of amides is 2. The number of ether oxygens (including phenoxy) is 1. The molecule has 21 heavy (non-hydrogen) atoms. The van der Waals surface area contributed by atoms with Gasteiger partial charge < -0.3 is 4.74 Å². The summed E-state index contributed by atoms with van der Waals surface area (Å²) < 4.78 is 4.83. The van der Waals surface area contributed by atoms with Crippen molar-refractivity contribution in [3.8, 4) is 0 Å². The molecule has 0 aliphatic carbocycles. The van der Waals surface area contributed by atoms with Gasteiger partial charge in [-0.25, -0.2) is 9.80 Å². The summed E-state index contributed by atoms with van der Waals surface area (Å²) in [4.78, 5) is 24.5. The zero-order chi connectivity index (χ0) is 14.7. The molecular weight excluding hydrogens is 268 g/mol. The fraction of sp³-hybridized carbons (Fsp3) is 0. The van der Waals surface area contributed by atoms with Crippen LogP contribution in [0.5, 0.6) is 0 Å². The second-order valence-electron chi connectivity index (χ2n) is 4.33. The highest BCUT2D eigenvalue weighted by atomic mass is 16.6. The van der Waals surface area contributed by atoms with Gasteiger partial charge in [0.25, 0.3) is 5.91 Å². The lowest BCUT2D eigenvalue weighted by Gasteiger charge is -2.33. The number of hydrogen-bond acceptors (Lipinski definition) is 4. The van der Waals surface area contributed by atoms with Crippen molar-refractivity contribution in [1.82, 2.24) is 5.01 Å². The molecule has 0 bridgehead atoms. The first-order valence-electron chi connectivity index (χ1n) is 6.38. The Morgan fingerprint density at radius 2 is 1.52 bits per heavy atom. The number of hydrazine groups is 1. The quantitative estimate of drug-likeness (QED) is 0.847. The Morgan fingerprint density at radius 1 is 0.905 bits per heavy atom. The predicted molar refractivity (Wildman–Crippen MR) is 77.2 cm³/mol. The smallest absolute Gasteiger partial charge is 0.415 e. The minimum absolute atomic E-state index is 0.408. The standard InChI is InChI=1S/C16H12N2O3/c19-15(13-7-3-1-4-8-13)18-16(20)21-12-11-17(18)14-9-5-2-6-10-14/h1-12H. The van der Waals surface area contributed by atoms with Crippen molar-refractivity contribution >= 4 is 17.7 Å². The normalized spacial score (nSPS) is 14.0. The minimum atomic E-state index is -0.741. The maximum atomic E-state index is 12.5. The molecule has 1 heterocycles. The molecule has 0 atom stereocenters. The summed E-state index contributed by atoms with van der Waals surface area (Å²) in [6.07, 6.45) is 2.04. The monoisotopic (exact) mass is 280 g/mol. The van der Waals surface area contributed by atoms with Gasteiger partial charge in [0, 0.05) is 5.56 Å². The van der Waals surface area contributed by atoms with Gasteiger partial charge in [-0.1, -0.05) is 36.4 Å². The van der Waals surface area contributed by atoms with E-state index in [4.69, 9.17) is 4.74 Å². The van der Waals surface area contributed by atoms with Crippen LogP contribution in [0.2, 0.25) is 0 Å². The Kier molecular flexibility index (Phi) is 3.39. The summed E-state index contributed by atoms with van der Waals surface area (Å²) in [5.74, 6) is -0.450. The molecule has 104 valence electrons. The van der Waals surface area contributed by atoms with E-state index >= 15 is 0 Å². The van der Waals surface area contributed by atoms with Crippen LogP contribution in [0.15, 0.2) is 73.1 Å². The average molecular weight is 280 g/mol. The van der Waals surface area contributed by atoms with Gasteiger partial charge in [-0.3, -0.25) is 4.79 Å². The van der Waals surface area contributed by atoms with Crippen LogP contribution >= 0.6 is 0 Å². The van der Waals surface area contributed by atoms with Crippen molar-refractivity contribution in [1.29, 1.82) is 0 Å². The zero-order valence-corrected chi connectivity index (χ0v) is 11.0. The van der Waals surface area contributed by atoms with Crippen LogP contribution in [0, 0.1) is 0 Å². The predicted octanol–water partition coefficient (Wildman–Crippen LogP) is 3.17. The SMILES string of the molecule is O=C1OC=CN(c2ccccc2)N1C(=O)c1ccccc1. The van der Waals surface area contributed by atoms with Crippen LogP contribution in [-0.2, 0) is 4.74 Å². The van der Waals surface area contributed by atoms with Crippen molar-refractivity contribution in [3.63, 3.8) is 0 Å². The van der Waals surface area contributed by atoms with Gasteiger partial charge in [0.2, 0.25) is 0 Å². The second kappa shape index (κ2) is 5.50. The molecule has 2 aromatic carbocycles. The van der Waals surface area contributed by atoms with Crippen LogP contribution in [0.3, 0.4) is 0 Å². The van der Waals surface area contributed by atoms with E-state index in [1.807, 2.05) is 18.2 Å². The van der Waals surface area contributed by atoms with Crippen molar-refractivity contribution < 1.29 is 14.3 Å². The molecule has 0 fully saturated rings. The van der Waals surface area contributed by atoms with Gasteiger partial charge in [-0.15, -0.1) is 5.01 Å². The van der Waals surface area contributed by atoms with E-state index in [1.54, 1.807) is 42.5 Å². The molecule has 5 nitrogen and oxygen atoms in total. The summed E-state index contributed by atoms with van der Waals surface area (Å²) >= 11 is 0.